The molecule has 0 bridgehead atoms. The Morgan fingerprint density at radius 1 is 0.452 bits per heavy atom. The van der Waals surface area contributed by atoms with Gasteiger partial charge in [0.2, 0.25) is 35.3 Å². The summed E-state index contributed by atoms with van der Waals surface area (Å²) in [6, 6.07) is 11.1. The molecule has 9 nitrogen and oxygen atoms in total. The van der Waals surface area contributed by atoms with Crippen molar-refractivity contribution in [2.24, 2.45) is 0 Å². The van der Waals surface area contributed by atoms with Gasteiger partial charge in [-0.2, -0.15) is 15.0 Å². The van der Waals surface area contributed by atoms with Crippen LogP contribution >= 0.6 is 7.92 Å². The van der Waals surface area contributed by atoms with E-state index in [2.05, 4.69) is 15.0 Å². The fraction of sp³-hybridized carbons (Fsp3) is 0.286. The first-order chi connectivity index (χ1) is 15.1. The molecule has 3 aromatic heterocycles. The number of hydrogen-bond donors (Lipinski definition) is 0. The first kappa shape index (κ1) is 22.4. The maximum absolute atomic E-state index is 5.60. The second-order valence-corrected chi connectivity index (χ2v) is 8.10. The van der Waals surface area contributed by atoms with Gasteiger partial charge in [0, 0.05) is 42.0 Å². The molecule has 3 rings (SSSR count). The van der Waals surface area contributed by atoms with Crippen molar-refractivity contribution in [3.05, 3.63) is 36.4 Å². The van der Waals surface area contributed by atoms with Gasteiger partial charge in [-0.3, -0.25) is 0 Å². The molecule has 0 aliphatic heterocycles. The Kier molecular flexibility index (Phi) is 7.31. The van der Waals surface area contributed by atoms with Crippen molar-refractivity contribution in [1.29, 1.82) is 0 Å². The third-order valence-corrected chi connectivity index (χ3v) is 6.84. The highest BCUT2D eigenvalue weighted by Gasteiger charge is 2.29. The van der Waals surface area contributed by atoms with E-state index in [0.717, 1.165) is 15.9 Å². The molecule has 0 aliphatic rings. The van der Waals surface area contributed by atoms with E-state index in [1.165, 1.54) is 0 Å². The van der Waals surface area contributed by atoms with E-state index in [1.807, 2.05) is 18.2 Å². The molecular weight excluding hydrogens is 421 g/mol. The highest BCUT2D eigenvalue weighted by Crippen LogP contribution is 2.42. The molecule has 0 atom stereocenters. The van der Waals surface area contributed by atoms with Crippen LogP contribution in [-0.4, -0.2) is 57.6 Å². The summed E-state index contributed by atoms with van der Waals surface area (Å²) >= 11 is 0. The monoisotopic (exact) mass is 445 g/mol. The topological polar surface area (TPSA) is 94.1 Å². The normalized spacial score (nSPS) is 10.5. The quantitative estimate of drug-likeness (QED) is 0.456. The number of aromatic nitrogens is 3. The summed E-state index contributed by atoms with van der Waals surface area (Å²) in [7, 11) is 8.03. The number of rotatable bonds is 9. The molecule has 0 saturated carbocycles. The lowest BCUT2D eigenvalue weighted by Gasteiger charge is -2.23. The third kappa shape index (κ3) is 4.56. The summed E-state index contributed by atoms with van der Waals surface area (Å²) in [5.74, 6) is 2.57. The second kappa shape index (κ2) is 10.1. The first-order valence-electron chi connectivity index (χ1n) is 9.17. The molecule has 0 unspecified atom stereocenters. The summed E-state index contributed by atoms with van der Waals surface area (Å²) in [5, 5.41) is 2.44. The molecule has 3 aromatic rings. The fourth-order valence-corrected chi connectivity index (χ4v) is 5.39. The Labute approximate surface area is 182 Å². The lowest BCUT2D eigenvalue weighted by molar-refractivity contribution is 0.366. The molecule has 0 N–H and O–H groups in total. The standard InChI is InChI=1S/C21H24N3O6P/c1-25-16-10-7-13(19(22-16)28-4)31(14-8-11-17(26-2)23-20(14)29-5)15-9-12-18(27-3)24-21(15)30-6/h7-12H,1-6H3. The van der Waals surface area contributed by atoms with Crippen LogP contribution in [0.15, 0.2) is 36.4 Å². The van der Waals surface area contributed by atoms with Gasteiger partial charge in [-0.1, -0.05) is 0 Å². The van der Waals surface area contributed by atoms with Crippen molar-refractivity contribution in [3.8, 4) is 35.3 Å². The zero-order valence-corrected chi connectivity index (χ0v) is 19.1. The van der Waals surface area contributed by atoms with Crippen molar-refractivity contribution in [3.63, 3.8) is 0 Å². The number of ether oxygens (including phenoxy) is 6. The zero-order chi connectivity index (χ0) is 22.4. The van der Waals surface area contributed by atoms with Crippen molar-refractivity contribution >= 4 is 23.8 Å². The third-order valence-electron chi connectivity index (χ3n) is 4.37. The number of nitrogens with zero attached hydrogens (tertiary/aromatic N) is 3. The molecule has 0 amide bonds. The molecule has 0 fully saturated rings. The summed E-state index contributed by atoms with van der Waals surface area (Å²) in [4.78, 5) is 13.4. The van der Waals surface area contributed by atoms with Gasteiger partial charge < -0.3 is 28.4 Å². The fourth-order valence-electron chi connectivity index (χ4n) is 2.94. The molecule has 0 aromatic carbocycles. The Morgan fingerprint density at radius 2 is 0.742 bits per heavy atom. The van der Waals surface area contributed by atoms with Crippen LogP contribution in [0.3, 0.4) is 0 Å². The molecule has 0 radical (unpaired) electrons. The van der Waals surface area contributed by atoms with Crippen LogP contribution in [0.25, 0.3) is 0 Å². The molecule has 0 aliphatic carbocycles. The predicted octanol–water partition coefficient (Wildman–Crippen LogP) is 1.68. The summed E-state index contributed by atoms with van der Waals surface area (Å²) in [6.45, 7) is 0. The van der Waals surface area contributed by atoms with Gasteiger partial charge in [-0.25, -0.2) is 0 Å². The summed E-state index contributed by atoms with van der Waals surface area (Å²) in [5.41, 5.74) is 0. The van der Waals surface area contributed by atoms with Crippen LogP contribution in [0.1, 0.15) is 0 Å². The van der Waals surface area contributed by atoms with E-state index in [9.17, 15) is 0 Å². The highest BCUT2D eigenvalue weighted by molar-refractivity contribution is 7.80. The van der Waals surface area contributed by atoms with Crippen molar-refractivity contribution in [2.45, 2.75) is 0 Å². The highest BCUT2D eigenvalue weighted by atomic mass is 31.1. The van der Waals surface area contributed by atoms with Gasteiger partial charge in [-0.15, -0.1) is 0 Å². The van der Waals surface area contributed by atoms with Gasteiger partial charge in [0.1, 0.15) is 0 Å². The molecular formula is C21H24N3O6P. The predicted molar refractivity (Wildman–Crippen MR) is 118 cm³/mol. The molecule has 0 saturated heterocycles. The minimum absolute atomic E-state index is 0.418. The zero-order valence-electron chi connectivity index (χ0n) is 18.2. The van der Waals surface area contributed by atoms with Crippen LogP contribution in [-0.2, 0) is 0 Å². The van der Waals surface area contributed by atoms with Gasteiger partial charge in [0.15, 0.2) is 0 Å². The van der Waals surface area contributed by atoms with E-state index in [-0.39, 0.29) is 0 Å². The van der Waals surface area contributed by atoms with Crippen molar-refractivity contribution in [1.82, 2.24) is 15.0 Å². The van der Waals surface area contributed by atoms with Gasteiger partial charge in [-0.05, 0) is 18.2 Å². The van der Waals surface area contributed by atoms with E-state index in [0.29, 0.717) is 35.3 Å². The van der Waals surface area contributed by atoms with E-state index < -0.39 is 7.92 Å². The average Bonchev–Trinajstić information content (AvgIpc) is 2.84. The SMILES string of the molecule is COc1ccc(P(c2ccc(OC)nc2OC)c2ccc(OC)nc2OC)c(OC)n1. The Hall–Kier alpha value is -3.32. The van der Waals surface area contributed by atoms with Crippen LogP contribution in [0.2, 0.25) is 0 Å². The maximum Gasteiger partial charge on any atom is 0.224 e. The lowest BCUT2D eigenvalue weighted by atomic mass is 10.4. The molecule has 31 heavy (non-hydrogen) atoms. The number of pyridine rings is 3. The largest absolute Gasteiger partial charge is 0.481 e. The number of methoxy groups -OCH3 is 6. The van der Waals surface area contributed by atoms with Crippen LogP contribution in [0, 0.1) is 0 Å². The second-order valence-electron chi connectivity index (χ2n) is 5.98. The Balaban J connectivity index is 2.31. The minimum Gasteiger partial charge on any atom is -0.481 e. The minimum atomic E-state index is -1.31. The van der Waals surface area contributed by atoms with E-state index in [4.69, 9.17) is 28.4 Å². The lowest BCUT2D eigenvalue weighted by Crippen LogP contribution is -2.26. The smallest absolute Gasteiger partial charge is 0.224 e. The molecule has 164 valence electrons. The summed E-state index contributed by atoms with van der Waals surface area (Å²) < 4.78 is 32.6. The van der Waals surface area contributed by atoms with Gasteiger partial charge in [0.05, 0.1) is 42.7 Å². The van der Waals surface area contributed by atoms with Crippen LogP contribution < -0.4 is 44.3 Å². The van der Waals surface area contributed by atoms with Gasteiger partial charge >= 0.3 is 0 Å². The Bertz CT molecular complexity index is 918. The van der Waals surface area contributed by atoms with Crippen LogP contribution in [0.5, 0.6) is 35.3 Å². The molecule has 10 heteroatoms. The van der Waals surface area contributed by atoms with E-state index in [1.54, 1.807) is 60.9 Å². The first-order valence-corrected chi connectivity index (χ1v) is 10.5. The molecule has 0 spiro atoms. The summed E-state index contributed by atoms with van der Waals surface area (Å²) in [6.07, 6.45) is 0. The van der Waals surface area contributed by atoms with Crippen molar-refractivity contribution in [2.75, 3.05) is 42.7 Å². The maximum atomic E-state index is 5.60. The average molecular weight is 445 g/mol. The van der Waals surface area contributed by atoms with Crippen molar-refractivity contribution < 1.29 is 28.4 Å². The molecule has 3 heterocycles. The van der Waals surface area contributed by atoms with Crippen LogP contribution in [0.4, 0.5) is 0 Å². The van der Waals surface area contributed by atoms with Gasteiger partial charge in [0.25, 0.3) is 0 Å². The van der Waals surface area contributed by atoms with E-state index >= 15 is 0 Å². The number of hydrogen-bond acceptors (Lipinski definition) is 9. The Morgan fingerprint density at radius 3 is 0.968 bits per heavy atom.